The van der Waals surface area contributed by atoms with Gasteiger partial charge in [-0.15, -0.1) is 0 Å². The van der Waals surface area contributed by atoms with Crippen LogP contribution in [0.15, 0.2) is 87.1 Å². The smallest absolute Gasteiger partial charge is 0.223 e. The molecule has 0 aliphatic carbocycles. The van der Waals surface area contributed by atoms with Gasteiger partial charge in [-0.3, -0.25) is 0 Å². The van der Waals surface area contributed by atoms with Gasteiger partial charge in [0.2, 0.25) is 21.6 Å². The van der Waals surface area contributed by atoms with Crippen molar-refractivity contribution in [1.82, 2.24) is 15.5 Å². The van der Waals surface area contributed by atoms with E-state index < -0.39 is 15.9 Å². The fourth-order valence-electron chi connectivity index (χ4n) is 3.49. The molecule has 176 valence electrons. The molecule has 34 heavy (non-hydrogen) atoms. The van der Waals surface area contributed by atoms with Crippen molar-refractivity contribution in [2.75, 3.05) is 13.1 Å². The highest BCUT2D eigenvalue weighted by atomic mass is 35.5. The van der Waals surface area contributed by atoms with Gasteiger partial charge < -0.3 is 14.9 Å². The Morgan fingerprint density at radius 2 is 1.79 bits per heavy atom. The molecule has 4 rings (SSSR count). The number of hydrogen-bond donors (Lipinski definition) is 2. The van der Waals surface area contributed by atoms with Crippen LogP contribution < -0.4 is 5.32 Å². The SMILES string of the molecule is Cc1nc(-c2cccc(S(=O)(=O)c3ccc(CCNCC(O)c4cccc(Cl)c4)cc3)c2)no1. The molecule has 7 nitrogen and oxygen atoms in total. The molecule has 9 heteroatoms. The topological polar surface area (TPSA) is 105 Å². The molecule has 0 saturated carbocycles. The number of benzene rings is 3. The molecule has 0 spiro atoms. The Hall–Kier alpha value is -3.04. The predicted molar refractivity (Wildman–Crippen MR) is 129 cm³/mol. The van der Waals surface area contributed by atoms with E-state index in [1.54, 1.807) is 73.7 Å². The van der Waals surface area contributed by atoms with Crippen LogP contribution in [0.5, 0.6) is 0 Å². The number of halogens is 1. The summed E-state index contributed by atoms with van der Waals surface area (Å²) in [5, 5.41) is 17.9. The van der Waals surface area contributed by atoms with Gasteiger partial charge in [0.15, 0.2) is 0 Å². The Morgan fingerprint density at radius 3 is 2.50 bits per heavy atom. The van der Waals surface area contributed by atoms with Crippen LogP contribution in [0.2, 0.25) is 5.02 Å². The number of nitrogens with one attached hydrogen (secondary N) is 1. The Balaban J connectivity index is 1.36. The molecule has 0 amide bonds. The first-order valence-electron chi connectivity index (χ1n) is 10.7. The van der Waals surface area contributed by atoms with E-state index in [1.807, 2.05) is 6.07 Å². The molecule has 1 aromatic heterocycles. The molecule has 1 unspecified atom stereocenters. The van der Waals surface area contributed by atoms with Crippen LogP contribution >= 0.6 is 11.6 Å². The van der Waals surface area contributed by atoms with Gasteiger partial charge in [-0.25, -0.2) is 8.42 Å². The Kier molecular flexibility index (Phi) is 7.43. The summed E-state index contributed by atoms with van der Waals surface area (Å²) >= 11 is 5.97. The van der Waals surface area contributed by atoms with E-state index >= 15 is 0 Å². The fraction of sp³-hybridized carbons (Fsp3) is 0.200. The maximum atomic E-state index is 13.1. The van der Waals surface area contributed by atoms with Crippen LogP contribution in [0.25, 0.3) is 11.4 Å². The molecule has 0 radical (unpaired) electrons. The number of aliphatic hydroxyl groups excluding tert-OH is 1. The number of aryl methyl sites for hydroxylation is 1. The van der Waals surface area contributed by atoms with Gasteiger partial charge in [-0.05, 0) is 60.5 Å². The summed E-state index contributed by atoms with van der Waals surface area (Å²) in [7, 11) is -3.70. The zero-order valence-corrected chi connectivity index (χ0v) is 20.1. The minimum absolute atomic E-state index is 0.164. The van der Waals surface area contributed by atoms with Crippen molar-refractivity contribution in [3.05, 3.63) is 94.8 Å². The molecule has 0 bridgehead atoms. The molecular formula is C25H24ClN3O4S. The number of sulfone groups is 1. The monoisotopic (exact) mass is 497 g/mol. The summed E-state index contributed by atoms with van der Waals surface area (Å²) in [5.41, 5.74) is 2.31. The summed E-state index contributed by atoms with van der Waals surface area (Å²) < 4.78 is 31.2. The summed E-state index contributed by atoms with van der Waals surface area (Å²) in [6, 6.07) is 20.4. The molecule has 0 aliphatic rings. The lowest BCUT2D eigenvalue weighted by molar-refractivity contribution is 0.175. The van der Waals surface area contributed by atoms with Crippen LogP contribution in [-0.4, -0.2) is 36.8 Å². The van der Waals surface area contributed by atoms with Gasteiger partial charge in [-0.1, -0.05) is 53.2 Å². The zero-order chi connectivity index (χ0) is 24.1. The van der Waals surface area contributed by atoms with E-state index in [0.717, 1.165) is 11.1 Å². The zero-order valence-electron chi connectivity index (χ0n) is 18.5. The van der Waals surface area contributed by atoms with E-state index in [2.05, 4.69) is 15.5 Å². The van der Waals surface area contributed by atoms with E-state index in [-0.39, 0.29) is 9.79 Å². The number of nitrogens with zero attached hydrogens (tertiary/aromatic N) is 2. The van der Waals surface area contributed by atoms with Crippen LogP contribution in [-0.2, 0) is 16.3 Å². The molecule has 0 fully saturated rings. The van der Waals surface area contributed by atoms with Gasteiger partial charge in [0, 0.05) is 24.1 Å². The third-order valence-corrected chi connectivity index (χ3v) is 7.33. The largest absolute Gasteiger partial charge is 0.387 e. The second-order valence-electron chi connectivity index (χ2n) is 7.84. The highest BCUT2D eigenvalue weighted by molar-refractivity contribution is 7.91. The fourth-order valence-corrected chi connectivity index (χ4v) is 5.00. The quantitative estimate of drug-likeness (QED) is 0.330. The van der Waals surface area contributed by atoms with E-state index in [4.69, 9.17) is 16.1 Å². The van der Waals surface area contributed by atoms with Crippen molar-refractivity contribution in [2.45, 2.75) is 29.2 Å². The molecule has 1 heterocycles. The average molecular weight is 498 g/mol. The van der Waals surface area contributed by atoms with Crippen molar-refractivity contribution in [3.8, 4) is 11.4 Å². The second kappa shape index (κ2) is 10.5. The van der Waals surface area contributed by atoms with Gasteiger partial charge in [0.05, 0.1) is 15.9 Å². The van der Waals surface area contributed by atoms with E-state index in [0.29, 0.717) is 41.8 Å². The average Bonchev–Trinajstić information content (AvgIpc) is 3.28. The molecule has 3 aromatic carbocycles. The normalized spacial score (nSPS) is 12.6. The van der Waals surface area contributed by atoms with E-state index in [1.165, 1.54) is 0 Å². The summed E-state index contributed by atoms with van der Waals surface area (Å²) in [6.07, 6.45) is 0.0354. The van der Waals surface area contributed by atoms with Crippen LogP contribution in [0.4, 0.5) is 0 Å². The highest BCUT2D eigenvalue weighted by Crippen LogP contribution is 2.25. The summed E-state index contributed by atoms with van der Waals surface area (Å²) in [6.45, 7) is 2.70. The van der Waals surface area contributed by atoms with Gasteiger partial charge in [-0.2, -0.15) is 4.98 Å². The Bertz CT molecular complexity index is 1370. The van der Waals surface area contributed by atoms with Crippen LogP contribution in [0.3, 0.4) is 0 Å². The predicted octanol–water partition coefficient (Wildman–Crippen LogP) is 4.40. The maximum absolute atomic E-state index is 13.1. The molecule has 4 aromatic rings. The summed E-state index contributed by atoms with van der Waals surface area (Å²) in [5.74, 6) is 0.755. The molecule has 1 atom stereocenters. The molecule has 0 aliphatic heterocycles. The lowest BCUT2D eigenvalue weighted by Crippen LogP contribution is -2.23. The van der Waals surface area contributed by atoms with Crippen molar-refractivity contribution < 1.29 is 18.0 Å². The number of aliphatic hydroxyl groups is 1. The Morgan fingerprint density at radius 1 is 1.03 bits per heavy atom. The molecule has 0 saturated heterocycles. The first kappa shape index (κ1) is 24.1. The van der Waals surface area contributed by atoms with Crippen molar-refractivity contribution >= 4 is 21.4 Å². The van der Waals surface area contributed by atoms with Gasteiger partial charge in [0.1, 0.15) is 0 Å². The van der Waals surface area contributed by atoms with Crippen molar-refractivity contribution in [3.63, 3.8) is 0 Å². The van der Waals surface area contributed by atoms with Gasteiger partial charge >= 0.3 is 0 Å². The Labute approximate surface area is 203 Å². The number of aromatic nitrogens is 2. The minimum Gasteiger partial charge on any atom is -0.387 e. The molecule has 2 N–H and O–H groups in total. The molecular weight excluding hydrogens is 474 g/mol. The van der Waals surface area contributed by atoms with Crippen LogP contribution in [0, 0.1) is 6.92 Å². The third kappa shape index (κ3) is 5.71. The van der Waals surface area contributed by atoms with Crippen LogP contribution in [0.1, 0.15) is 23.1 Å². The first-order valence-corrected chi connectivity index (χ1v) is 12.6. The maximum Gasteiger partial charge on any atom is 0.223 e. The highest BCUT2D eigenvalue weighted by Gasteiger charge is 2.19. The minimum atomic E-state index is -3.70. The number of hydrogen-bond acceptors (Lipinski definition) is 7. The summed E-state index contributed by atoms with van der Waals surface area (Å²) in [4.78, 5) is 4.53. The van der Waals surface area contributed by atoms with Crippen molar-refractivity contribution in [2.24, 2.45) is 0 Å². The third-order valence-electron chi connectivity index (χ3n) is 5.33. The van der Waals surface area contributed by atoms with E-state index in [9.17, 15) is 13.5 Å². The standard InChI is InChI=1S/C25H24ClN3O4S/c1-17-28-25(29-33-17)20-5-3-7-23(15-20)34(31,32)22-10-8-18(9-11-22)12-13-27-16-24(30)19-4-2-6-21(26)14-19/h2-11,14-15,24,27,30H,12-13,16H2,1H3. The van der Waals surface area contributed by atoms with Crippen molar-refractivity contribution in [1.29, 1.82) is 0 Å². The lowest BCUT2D eigenvalue weighted by Gasteiger charge is -2.13. The second-order valence-corrected chi connectivity index (χ2v) is 10.2. The van der Waals surface area contributed by atoms with Gasteiger partial charge in [0.25, 0.3) is 0 Å². The lowest BCUT2D eigenvalue weighted by atomic mass is 10.1. The first-order chi connectivity index (χ1) is 16.3. The number of rotatable bonds is 9.